The Balaban J connectivity index is 2.16. The molecule has 0 saturated heterocycles. The van der Waals surface area contributed by atoms with Crippen molar-refractivity contribution in [2.24, 2.45) is 0 Å². The predicted octanol–water partition coefficient (Wildman–Crippen LogP) is 4.11. The standard InChI is InChI=1S/C15H14F3NO2/c1-2-9-19-14(20)13-8-7-12(21-13)10-3-5-11(6-4-10)15(16,17)18/h3-8H,2,9H2,1H3,(H,19,20). The van der Waals surface area contributed by atoms with Crippen molar-refractivity contribution < 1.29 is 22.4 Å². The maximum absolute atomic E-state index is 12.5. The third kappa shape index (κ3) is 3.65. The van der Waals surface area contributed by atoms with Gasteiger partial charge in [-0.3, -0.25) is 4.79 Å². The number of carbonyl (C=O) groups excluding carboxylic acids is 1. The van der Waals surface area contributed by atoms with E-state index < -0.39 is 11.7 Å². The van der Waals surface area contributed by atoms with Gasteiger partial charge in [0.15, 0.2) is 5.76 Å². The zero-order chi connectivity index (χ0) is 15.5. The van der Waals surface area contributed by atoms with E-state index >= 15 is 0 Å². The Morgan fingerprint density at radius 1 is 1.14 bits per heavy atom. The maximum atomic E-state index is 12.5. The first kappa shape index (κ1) is 15.2. The Bertz CT molecular complexity index is 615. The second-order valence-corrected chi connectivity index (χ2v) is 4.49. The second kappa shape index (κ2) is 6.03. The van der Waals surface area contributed by atoms with Gasteiger partial charge in [-0.1, -0.05) is 19.1 Å². The summed E-state index contributed by atoms with van der Waals surface area (Å²) in [5.41, 5.74) is -0.240. The number of hydrogen-bond acceptors (Lipinski definition) is 2. The van der Waals surface area contributed by atoms with Crippen LogP contribution in [-0.2, 0) is 6.18 Å². The average Bonchev–Trinajstić information content (AvgIpc) is 2.94. The van der Waals surface area contributed by atoms with E-state index in [4.69, 9.17) is 4.42 Å². The molecule has 0 atom stereocenters. The van der Waals surface area contributed by atoms with Crippen LogP contribution in [0.2, 0.25) is 0 Å². The van der Waals surface area contributed by atoms with E-state index in [-0.39, 0.29) is 11.7 Å². The normalized spacial score (nSPS) is 11.4. The Hall–Kier alpha value is -2.24. The van der Waals surface area contributed by atoms with Crippen LogP contribution >= 0.6 is 0 Å². The first-order valence-electron chi connectivity index (χ1n) is 6.47. The van der Waals surface area contributed by atoms with E-state index in [1.54, 1.807) is 6.07 Å². The van der Waals surface area contributed by atoms with Gasteiger partial charge in [-0.15, -0.1) is 0 Å². The van der Waals surface area contributed by atoms with Crippen molar-refractivity contribution in [3.8, 4) is 11.3 Å². The summed E-state index contributed by atoms with van der Waals surface area (Å²) in [6.45, 7) is 2.46. The molecule has 3 nitrogen and oxygen atoms in total. The van der Waals surface area contributed by atoms with E-state index in [1.807, 2.05) is 6.92 Å². The molecule has 1 N–H and O–H groups in total. The molecule has 112 valence electrons. The van der Waals surface area contributed by atoms with Gasteiger partial charge < -0.3 is 9.73 Å². The molecule has 0 bridgehead atoms. The highest BCUT2D eigenvalue weighted by molar-refractivity contribution is 5.92. The van der Waals surface area contributed by atoms with E-state index in [1.165, 1.54) is 18.2 Å². The average molecular weight is 297 g/mol. The van der Waals surface area contributed by atoms with Gasteiger partial charge in [0, 0.05) is 12.1 Å². The van der Waals surface area contributed by atoms with Gasteiger partial charge in [-0.05, 0) is 30.7 Å². The quantitative estimate of drug-likeness (QED) is 0.923. The van der Waals surface area contributed by atoms with Crippen LogP contribution in [0.15, 0.2) is 40.8 Å². The van der Waals surface area contributed by atoms with E-state index in [9.17, 15) is 18.0 Å². The lowest BCUT2D eigenvalue weighted by Gasteiger charge is -2.06. The fraction of sp³-hybridized carbons (Fsp3) is 0.267. The number of carbonyl (C=O) groups is 1. The topological polar surface area (TPSA) is 42.2 Å². The van der Waals surface area contributed by atoms with Crippen molar-refractivity contribution in [2.75, 3.05) is 6.54 Å². The number of amides is 1. The minimum atomic E-state index is -4.37. The van der Waals surface area contributed by atoms with E-state index in [0.717, 1.165) is 18.6 Å². The van der Waals surface area contributed by atoms with Crippen LogP contribution < -0.4 is 5.32 Å². The molecule has 0 aliphatic rings. The molecular formula is C15H14F3NO2. The van der Waals surface area contributed by atoms with Gasteiger partial charge in [0.1, 0.15) is 5.76 Å². The number of hydrogen-bond donors (Lipinski definition) is 1. The molecule has 0 unspecified atom stereocenters. The number of rotatable bonds is 4. The Morgan fingerprint density at radius 2 is 1.81 bits per heavy atom. The van der Waals surface area contributed by atoms with Gasteiger partial charge in [-0.2, -0.15) is 13.2 Å². The summed E-state index contributed by atoms with van der Waals surface area (Å²) in [4.78, 5) is 11.7. The van der Waals surface area contributed by atoms with Gasteiger partial charge in [0.2, 0.25) is 0 Å². The summed E-state index contributed by atoms with van der Waals surface area (Å²) >= 11 is 0. The molecule has 0 aliphatic carbocycles. The lowest BCUT2D eigenvalue weighted by Crippen LogP contribution is -2.23. The van der Waals surface area contributed by atoms with Crippen LogP contribution in [0.4, 0.5) is 13.2 Å². The summed E-state index contributed by atoms with van der Waals surface area (Å²) in [6.07, 6.45) is -3.56. The Labute approximate surface area is 119 Å². The highest BCUT2D eigenvalue weighted by Crippen LogP contribution is 2.31. The van der Waals surface area contributed by atoms with Crippen molar-refractivity contribution in [2.45, 2.75) is 19.5 Å². The van der Waals surface area contributed by atoms with Gasteiger partial charge in [0.05, 0.1) is 5.56 Å². The fourth-order valence-corrected chi connectivity index (χ4v) is 1.76. The highest BCUT2D eigenvalue weighted by Gasteiger charge is 2.30. The Kier molecular flexibility index (Phi) is 4.35. The van der Waals surface area contributed by atoms with Crippen LogP contribution in [0.3, 0.4) is 0 Å². The van der Waals surface area contributed by atoms with E-state index in [2.05, 4.69) is 5.32 Å². The molecule has 1 aromatic heterocycles. The predicted molar refractivity (Wildman–Crippen MR) is 71.8 cm³/mol. The lowest BCUT2D eigenvalue weighted by molar-refractivity contribution is -0.137. The molecule has 0 radical (unpaired) electrons. The zero-order valence-corrected chi connectivity index (χ0v) is 11.3. The Morgan fingerprint density at radius 3 is 2.38 bits per heavy atom. The van der Waals surface area contributed by atoms with Crippen molar-refractivity contribution in [3.05, 3.63) is 47.7 Å². The third-order valence-corrected chi connectivity index (χ3v) is 2.86. The van der Waals surface area contributed by atoms with Crippen molar-refractivity contribution in [1.82, 2.24) is 5.32 Å². The van der Waals surface area contributed by atoms with Crippen molar-refractivity contribution >= 4 is 5.91 Å². The van der Waals surface area contributed by atoms with Gasteiger partial charge in [0.25, 0.3) is 5.91 Å². The first-order chi connectivity index (χ1) is 9.91. The fourth-order valence-electron chi connectivity index (χ4n) is 1.76. The summed E-state index contributed by atoms with van der Waals surface area (Å²) in [6, 6.07) is 7.65. The minimum Gasteiger partial charge on any atom is -0.451 e. The number of benzene rings is 1. The molecule has 1 aromatic carbocycles. The number of nitrogens with one attached hydrogen (secondary N) is 1. The maximum Gasteiger partial charge on any atom is 0.416 e. The first-order valence-corrected chi connectivity index (χ1v) is 6.47. The SMILES string of the molecule is CCCNC(=O)c1ccc(-c2ccc(C(F)(F)F)cc2)o1. The van der Waals surface area contributed by atoms with Crippen LogP contribution in [0.25, 0.3) is 11.3 Å². The van der Waals surface area contributed by atoms with Crippen molar-refractivity contribution in [1.29, 1.82) is 0 Å². The summed E-state index contributed by atoms with van der Waals surface area (Å²) in [7, 11) is 0. The molecule has 0 aliphatic heterocycles. The molecule has 21 heavy (non-hydrogen) atoms. The monoisotopic (exact) mass is 297 g/mol. The van der Waals surface area contributed by atoms with Crippen molar-refractivity contribution in [3.63, 3.8) is 0 Å². The smallest absolute Gasteiger partial charge is 0.416 e. The highest BCUT2D eigenvalue weighted by atomic mass is 19.4. The third-order valence-electron chi connectivity index (χ3n) is 2.86. The molecule has 1 amide bonds. The largest absolute Gasteiger partial charge is 0.451 e. The van der Waals surface area contributed by atoms with E-state index in [0.29, 0.717) is 17.9 Å². The second-order valence-electron chi connectivity index (χ2n) is 4.49. The van der Waals surface area contributed by atoms with Crippen LogP contribution in [0.5, 0.6) is 0 Å². The number of alkyl halides is 3. The van der Waals surface area contributed by atoms with Crippen LogP contribution in [0, 0.1) is 0 Å². The molecular weight excluding hydrogens is 283 g/mol. The minimum absolute atomic E-state index is 0.137. The van der Waals surface area contributed by atoms with Crippen LogP contribution in [-0.4, -0.2) is 12.5 Å². The number of furan rings is 1. The number of halogens is 3. The van der Waals surface area contributed by atoms with Gasteiger partial charge in [-0.25, -0.2) is 0 Å². The summed E-state index contributed by atoms with van der Waals surface area (Å²) in [5, 5.41) is 2.66. The molecule has 2 aromatic rings. The molecule has 0 spiro atoms. The summed E-state index contributed by atoms with van der Waals surface area (Å²) < 4.78 is 42.8. The van der Waals surface area contributed by atoms with Gasteiger partial charge >= 0.3 is 6.18 Å². The molecule has 6 heteroatoms. The molecule has 0 fully saturated rings. The molecule has 2 rings (SSSR count). The summed E-state index contributed by atoms with van der Waals surface area (Å²) in [5.74, 6) is 0.152. The van der Waals surface area contributed by atoms with Crippen LogP contribution in [0.1, 0.15) is 29.5 Å². The molecule has 1 heterocycles. The zero-order valence-electron chi connectivity index (χ0n) is 11.3. The molecule has 0 saturated carbocycles. The lowest BCUT2D eigenvalue weighted by atomic mass is 10.1.